The maximum Gasteiger partial charge on any atom is 0.417 e. The first-order valence-corrected chi connectivity index (χ1v) is 16.0. The van der Waals surface area contributed by atoms with Crippen molar-refractivity contribution in [1.82, 2.24) is 0 Å². The predicted octanol–water partition coefficient (Wildman–Crippen LogP) is 6.28. The van der Waals surface area contributed by atoms with E-state index in [1.807, 2.05) is 0 Å². The molecule has 6 rings (SSSR count). The summed E-state index contributed by atoms with van der Waals surface area (Å²) >= 11 is 0. The van der Waals surface area contributed by atoms with Gasteiger partial charge < -0.3 is 20.1 Å². The van der Waals surface area contributed by atoms with Crippen LogP contribution in [0.15, 0.2) is 36.4 Å². The number of hydrogen-bond acceptors (Lipinski definition) is 8. The molecule has 2 aliphatic carbocycles. The number of amides is 2. The third-order valence-corrected chi connectivity index (χ3v) is 9.99. The maximum absolute atomic E-state index is 14.3. The Morgan fingerprint density at radius 1 is 0.580 bits per heavy atom. The van der Waals surface area contributed by atoms with Gasteiger partial charge in [0.2, 0.25) is 11.8 Å². The Bertz CT molecular complexity index is 1650. The van der Waals surface area contributed by atoms with Crippen molar-refractivity contribution in [3.63, 3.8) is 0 Å². The second-order valence-electron chi connectivity index (χ2n) is 13.3. The highest BCUT2D eigenvalue weighted by Gasteiger charge is 2.49. The first kappa shape index (κ1) is 35.1. The van der Waals surface area contributed by atoms with Gasteiger partial charge in [0, 0.05) is 24.2 Å². The Labute approximate surface area is 280 Å². The molecule has 16 heteroatoms. The molecule has 6 atom stereocenters. The smallest absolute Gasteiger partial charge is 0.393 e. The Morgan fingerprint density at radius 2 is 0.940 bits per heavy atom. The summed E-state index contributed by atoms with van der Waals surface area (Å²) in [5, 5.41) is 4.70. The highest BCUT2D eigenvalue weighted by Crippen LogP contribution is 2.46. The van der Waals surface area contributed by atoms with E-state index in [0.29, 0.717) is 37.8 Å². The Morgan fingerprint density at radius 3 is 1.30 bits per heavy atom. The van der Waals surface area contributed by atoms with Crippen LogP contribution in [-0.4, -0.2) is 35.7 Å². The predicted molar refractivity (Wildman–Crippen MR) is 159 cm³/mol. The largest absolute Gasteiger partial charge is 0.417 e. The van der Waals surface area contributed by atoms with Gasteiger partial charge in [-0.05, 0) is 85.8 Å². The van der Waals surface area contributed by atoms with Crippen molar-refractivity contribution in [2.75, 3.05) is 10.6 Å². The number of halogens is 6. The average Bonchev–Trinajstić information content (AvgIpc) is 3.48. The van der Waals surface area contributed by atoms with E-state index in [1.54, 1.807) is 0 Å². The molecule has 2 aliphatic heterocycles. The van der Waals surface area contributed by atoms with Crippen LogP contribution < -0.4 is 10.6 Å². The zero-order valence-corrected chi connectivity index (χ0v) is 26.1. The molecule has 6 unspecified atom stereocenters. The number of rotatable bonds is 7. The number of carbonyl (C=O) groups excluding carboxylic acids is 6. The molecule has 4 aliphatic rings. The van der Waals surface area contributed by atoms with Gasteiger partial charge in [-0.3, -0.25) is 28.8 Å². The van der Waals surface area contributed by atoms with Crippen LogP contribution in [0.25, 0.3) is 11.1 Å². The summed E-state index contributed by atoms with van der Waals surface area (Å²) in [6.45, 7) is 0. The topological polar surface area (TPSA) is 145 Å². The summed E-state index contributed by atoms with van der Waals surface area (Å²) in [4.78, 5) is 72.9. The van der Waals surface area contributed by atoms with Gasteiger partial charge in [0.05, 0.1) is 34.8 Å². The fourth-order valence-electron chi connectivity index (χ4n) is 7.60. The molecule has 4 fully saturated rings. The van der Waals surface area contributed by atoms with E-state index in [-0.39, 0.29) is 48.9 Å². The molecule has 50 heavy (non-hydrogen) atoms. The summed E-state index contributed by atoms with van der Waals surface area (Å²) in [5.41, 5.74) is -5.11. The highest BCUT2D eigenvalue weighted by molar-refractivity contribution is 5.98. The number of nitrogens with one attached hydrogen (secondary N) is 2. The quantitative estimate of drug-likeness (QED) is 0.194. The molecular weight excluding hydrogens is 678 g/mol. The molecule has 2 saturated carbocycles. The molecule has 10 nitrogen and oxygen atoms in total. The zero-order valence-electron chi connectivity index (χ0n) is 26.1. The molecule has 0 spiro atoms. The monoisotopic (exact) mass is 708 g/mol. The lowest BCUT2D eigenvalue weighted by Gasteiger charge is -2.27. The van der Waals surface area contributed by atoms with Crippen LogP contribution in [0.5, 0.6) is 0 Å². The molecular formula is C34H30F6N2O8. The third-order valence-electron chi connectivity index (χ3n) is 9.99. The second-order valence-corrected chi connectivity index (χ2v) is 13.3. The lowest BCUT2D eigenvalue weighted by atomic mass is 9.74. The van der Waals surface area contributed by atoms with Crippen LogP contribution in [0, 0.1) is 35.5 Å². The minimum atomic E-state index is -5.13. The van der Waals surface area contributed by atoms with Crippen LogP contribution in [-0.2, 0) is 50.6 Å². The van der Waals surface area contributed by atoms with Crippen LogP contribution in [0.1, 0.15) is 62.5 Å². The number of anilines is 2. The van der Waals surface area contributed by atoms with Crippen molar-refractivity contribution in [2.45, 2.75) is 63.7 Å². The van der Waals surface area contributed by atoms with Crippen molar-refractivity contribution >= 4 is 47.1 Å². The number of ether oxygens (including phenoxy) is 2. The van der Waals surface area contributed by atoms with Crippen LogP contribution in [0.2, 0.25) is 0 Å². The Kier molecular flexibility index (Phi) is 9.24. The molecule has 0 bridgehead atoms. The molecule has 0 aromatic heterocycles. The molecule has 2 amide bonds. The van der Waals surface area contributed by atoms with Gasteiger partial charge in [-0.25, -0.2) is 0 Å². The van der Waals surface area contributed by atoms with Gasteiger partial charge in [-0.1, -0.05) is 12.1 Å². The van der Waals surface area contributed by atoms with Gasteiger partial charge in [0.25, 0.3) is 0 Å². The van der Waals surface area contributed by atoms with Crippen LogP contribution in [0.4, 0.5) is 37.7 Å². The molecule has 2 aromatic rings. The summed E-state index contributed by atoms with van der Waals surface area (Å²) in [7, 11) is 0. The zero-order chi connectivity index (χ0) is 36.1. The summed E-state index contributed by atoms with van der Waals surface area (Å²) < 4.78 is 95.0. The fraction of sp³-hybridized carbons (Fsp3) is 0.471. The van der Waals surface area contributed by atoms with E-state index < -0.39 is 94.0 Å². The van der Waals surface area contributed by atoms with Crippen molar-refractivity contribution in [3.8, 4) is 11.1 Å². The minimum Gasteiger partial charge on any atom is -0.393 e. The van der Waals surface area contributed by atoms with E-state index >= 15 is 0 Å². The molecule has 2 heterocycles. The highest BCUT2D eigenvalue weighted by atomic mass is 19.4. The molecule has 2 N–H and O–H groups in total. The first-order chi connectivity index (χ1) is 23.5. The normalized spacial score (nSPS) is 26.5. The minimum absolute atomic E-state index is 0.159. The molecule has 2 saturated heterocycles. The molecule has 0 radical (unpaired) electrons. The Hall–Kier alpha value is -4.76. The SMILES string of the molecule is O=C(CC1CCC2C(=O)OC(=O)C2C1)Nc1ccc(-c2ccc(NC(=O)CC3CCC4C(=O)OC(=O)C4C3)cc2C(F)(F)F)c(C(F)(F)F)c1. The second kappa shape index (κ2) is 13.2. The van der Waals surface area contributed by atoms with Gasteiger partial charge in [0.1, 0.15) is 0 Å². The van der Waals surface area contributed by atoms with E-state index in [9.17, 15) is 55.1 Å². The standard InChI is InChI=1S/C34H30F6N2O8/c35-33(36,37)25-13-17(41-27(43)11-15-1-5-21-23(9-15)31(47)49-29(21)45)3-7-19(25)20-8-4-18(14-26(20)34(38,39)40)42-28(44)12-16-2-6-22-24(10-16)32(48)50-30(22)46/h3-4,7-8,13-16,21-24H,1-2,5-6,9-12H2,(H,41,43)(H,42,44). The summed E-state index contributed by atoms with van der Waals surface area (Å²) in [6, 6.07) is 4.81. The Balaban J connectivity index is 1.16. The number of benzene rings is 2. The lowest BCUT2D eigenvalue weighted by molar-refractivity contribution is -0.155. The number of esters is 4. The maximum atomic E-state index is 14.3. The van der Waals surface area contributed by atoms with Crippen LogP contribution in [0.3, 0.4) is 0 Å². The average molecular weight is 709 g/mol. The summed E-state index contributed by atoms with van der Waals surface area (Å²) in [5.74, 6) is -7.08. The summed E-state index contributed by atoms with van der Waals surface area (Å²) in [6.07, 6.45) is -8.69. The number of fused-ring (bicyclic) bond motifs is 2. The van der Waals surface area contributed by atoms with Crippen molar-refractivity contribution in [2.24, 2.45) is 35.5 Å². The number of carbonyl (C=O) groups is 6. The van der Waals surface area contributed by atoms with Crippen LogP contribution >= 0.6 is 0 Å². The van der Waals surface area contributed by atoms with Gasteiger partial charge in [0.15, 0.2) is 0 Å². The third kappa shape index (κ3) is 7.24. The van der Waals surface area contributed by atoms with Crippen molar-refractivity contribution < 1.29 is 64.6 Å². The number of cyclic esters (lactones) is 4. The van der Waals surface area contributed by atoms with E-state index in [0.717, 1.165) is 24.3 Å². The van der Waals surface area contributed by atoms with Crippen molar-refractivity contribution in [3.05, 3.63) is 47.5 Å². The molecule has 266 valence electrons. The van der Waals surface area contributed by atoms with E-state index in [1.165, 1.54) is 0 Å². The number of hydrogen-bond donors (Lipinski definition) is 2. The van der Waals surface area contributed by atoms with E-state index in [4.69, 9.17) is 0 Å². The van der Waals surface area contributed by atoms with Gasteiger partial charge in [-0.2, -0.15) is 26.3 Å². The van der Waals surface area contributed by atoms with Crippen molar-refractivity contribution in [1.29, 1.82) is 0 Å². The number of alkyl halides is 6. The van der Waals surface area contributed by atoms with Gasteiger partial charge in [-0.15, -0.1) is 0 Å². The van der Waals surface area contributed by atoms with Gasteiger partial charge >= 0.3 is 36.2 Å². The first-order valence-electron chi connectivity index (χ1n) is 16.0. The fourth-order valence-corrected chi connectivity index (χ4v) is 7.60. The van der Waals surface area contributed by atoms with E-state index in [2.05, 4.69) is 20.1 Å². The molecule has 2 aromatic carbocycles. The lowest BCUT2D eigenvalue weighted by Crippen LogP contribution is -2.29.